The molecule has 7 heteroatoms. The number of amides is 1. The minimum atomic E-state index is -0.548. The predicted molar refractivity (Wildman–Crippen MR) is 95.5 cm³/mol. The third-order valence-corrected chi connectivity index (χ3v) is 4.82. The highest BCUT2D eigenvalue weighted by Gasteiger charge is 2.37. The lowest BCUT2D eigenvalue weighted by molar-refractivity contribution is -0.924. The molecule has 1 amide bonds. The lowest BCUT2D eigenvalue weighted by Crippen LogP contribution is -3.17. The SMILES string of the molecule is COC(=O)[C@H]1Cc2ccccc2C[NH+]1CC(=O)Nc1ccc(F)c(Cl)c1. The number of anilines is 1. The van der Waals surface area contributed by atoms with E-state index < -0.39 is 11.9 Å². The molecule has 0 saturated heterocycles. The summed E-state index contributed by atoms with van der Waals surface area (Å²) in [5.41, 5.74) is 2.62. The summed E-state index contributed by atoms with van der Waals surface area (Å²) in [6.45, 7) is 0.636. The molecule has 0 fully saturated rings. The summed E-state index contributed by atoms with van der Waals surface area (Å²) in [5.74, 6) is -1.17. The molecule has 2 N–H and O–H groups in total. The maximum Gasteiger partial charge on any atom is 0.365 e. The normalized spacial score (nSPS) is 18.7. The van der Waals surface area contributed by atoms with Gasteiger partial charge in [-0.15, -0.1) is 0 Å². The van der Waals surface area contributed by atoms with E-state index in [0.29, 0.717) is 18.7 Å². The molecule has 3 rings (SSSR count). The molecule has 5 nitrogen and oxygen atoms in total. The van der Waals surface area contributed by atoms with Crippen molar-refractivity contribution in [1.29, 1.82) is 0 Å². The number of rotatable bonds is 4. The second-order valence-corrected chi connectivity index (χ2v) is 6.64. The molecule has 0 aromatic heterocycles. The van der Waals surface area contributed by atoms with Gasteiger partial charge in [-0.25, -0.2) is 9.18 Å². The first-order chi connectivity index (χ1) is 12.5. The van der Waals surface area contributed by atoms with Crippen LogP contribution in [0.25, 0.3) is 0 Å². The zero-order valence-electron chi connectivity index (χ0n) is 14.2. The molecular weight excluding hydrogens is 359 g/mol. The third kappa shape index (κ3) is 4.03. The number of carbonyl (C=O) groups excluding carboxylic acids is 2. The van der Waals surface area contributed by atoms with Crippen molar-refractivity contribution in [3.8, 4) is 0 Å². The van der Waals surface area contributed by atoms with Gasteiger partial charge in [0, 0.05) is 17.7 Å². The fourth-order valence-corrected chi connectivity index (χ4v) is 3.40. The molecule has 2 atom stereocenters. The van der Waals surface area contributed by atoms with E-state index in [1.807, 2.05) is 24.3 Å². The quantitative estimate of drug-likeness (QED) is 0.796. The number of ether oxygens (including phenoxy) is 1. The van der Waals surface area contributed by atoms with E-state index in [2.05, 4.69) is 5.32 Å². The van der Waals surface area contributed by atoms with Crippen LogP contribution in [0.3, 0.4) is 0 Å². The van der Waals surface area contributed by atoms with E-state index in [0.717, 1.165) is 16.0 Å². The summed E-state index contributed by atoms with van der Waals surface area (Å²) in [4.78, 5) is 25.4. The number of quaternary nitrogens is 1. The zero-order valence-corrected chi connectivity index (χ0v) is 15.0. The molecule has 0 radical (unpaired) electrons. The van der Waals surface area contributed by atoms with Crippen LogP contribution < -0.4 is 10.2 Å². The number of methoxy groups -OCH3 is 1. The molecule has 0 saturated carbocycles. The maximum atomic E-state index is 13.2. The van der Waals surface area contributed by atoms with Gasteiger partial charge in [0.1, 0.15) is 12.4 Å². The molecule has 2 aromatic rings. The Balaban J connectivity index is 1.74. The van der Waals surface area contributed by atoms with Crippen LogP contribution in [0, 0.1) is 5.82 Å². The Morgan fingerprint density at radius 3 is 2.69 bits per heavy atom. The van der Waals surface area contributed by atoms with Gasteiger partial charge in [0.15, 0.2) is 12.6 Å². The Hall–Kier alpha value is -2.44. The predicted octanol–water partition coefficient (Wildman–Crippen LogP) is 1.60. The van der Waals surface area contributed by atoms with E-state index in [1.54, 1.807) is 0 Å². The number of carbonyl (C=O) groups is 2. The van der Waals surface area contributed by atoms with Gasteiger partial charge in [0.2, 0.25) is 0 Å². The monoisotopic (exact) mass is 377 g/mol. The van der Waals surface area contributed by atoms with E-state index >= 15 is 0 Å². The van der Waals surface area contributed by atoms with E-state index in [-0.39, 0.29) is 23.4 Å². The average molecular weight is 378 g/mol. The number of nitrogens with one attached hydrogen (secondary N) is 2. The molecule has 2 aromatic carbocycles. The molecular formula is C19H19ClFN2O3+. The standard InChI is InChI=1S/C19H18ClFN2O3/c1-26-19(25)17-8-12-4-2-3-5-13(12)10-23(17)11-18(24)22-14-6-7-16(21)15(20)9-14/h2-7,9,17H,8,10-11H2,1H3,(H,22,24)/p+1/t17-/m1/s1. The smallest absolute Gasteiger partial charge is 0.365 e. The summed E-state index contributed by atoms with van der Waals surface area (Å²) >= 11 is 5.74. The van der Waals surface area contributed by atoms with Crippen LogP contribution >= 0.6 is 11.6 Å². The van der Waals surface area contributed by atoms with Crippen molar-refractivity contribution in [2.75, 3.05) is 19.0 Å². The first-order valence-electron chi connectivity index (χ1n) is 8.22. The van der Waals surface area contributed by atoms with Crippen LogP contribution in [0.4, 0.5) is 10.1 Å². The van der Waals surface area contributed by atoms with Crippen LogP contribution in [-0.4, -0.2) is 31.6 Å². The molecule has 136 valence electrons. The van der Waals surface area contributed by atoms with Crippen molar-refractivity contribution in [2.45, 2.75) is 19.0 Å². The van der Waals surface area contributed by atoms with Gasteiger partial charge < -0.3 is 15.0 Å². The average Bonchev–Trinajstić information content (AvgIpc) is 2.63. The van der Waals surface area contributed by atoms with Crippen LogP contribution in [0.15, 0.2) is 42.5 Å². The van der Waals surface area contributed by atoms with Gasteiger partial charge >= 0.3 is 5.97 Å². The van der Waals surface area contributed by atoms with Crippen molar-refractivity contribution < 1.29 is 23.6 Å². The highest BCUT2D eigenvalue weighted by molar-refractivity contribution is 6.31. The van der Waals surface area contributed by atoms with Crippen LogP contribution in [-0.2, 0) is 27.3 Å². The van der Waals surface area contributed by atoms with Crippen LogP contribution in [0.5, 0.6) is 0 Å². The minimum absolute atomic E-state index is 0.0607. The topological polar surface area (TPSA) is 59.8 Å². The van der Waals surface area contributed by atoms with Crippen molar-refractivity contribution >= 4 is 29.2 Å². The summed E-state index contributed by atoms with van der Waals surface area (Å²) < 4.78 is 18.1. The van der Waals surface area contributed by atoms with Crippen LogP contribution in [0.2, 0.25) is 5.02 Å². The highest BCUT2D eigenvalue weighted by Crippen LogP contribution is 2.19. The van der Waals surface area contributed by atoms with Crippen molar-refractivity contribution in [2.24, 2.45) is 0 Å². The Morgan fingerprint density at radius 1 is 1.27 bits per heavy atom. The lowest BCUT2D eigenvalue weighted by atomic mass is 9.94. The molecule has 1 heterocycles. The van der Waals surface area contributed by atoms with Gasteiger partial charge in [-0.1, -0.05) is 35.9 Å². The Labute approximate surface area is 155 Å². The lowest BCUT2D eigenvalue weighted by Gasteiger charge is -2.31. The van der Waals surface area contributed by atoms with E-state index in [9.17, 15) is 14.0 Å². The van der Waals surface area contributed by atoms with Gasteiger partial charge in [-0.05, 0) is 23.8 Å². The molecule has 1 aliphatic rings. The largest absolute Gasteiger partial charge is 0.465 e. The summed E-state index contributed by atoms with van der Waals surface area (Å²) in [7, 11) is 1.35. The van der Waals surface area contributed by atoms with E-state index in [1.165, 1.54) is 25.3 Å². The first-order valence-corrected chi connectivity index (χ1v) is 8.60. The number of esters is 1. The number of hydrogen-bond acceptors (Lipinski definition) is 3. The summed E-state index contributed by atoms with van der Waals surface area (Å²) in [6, 6.07) is 11.4. The second kappa shape index (κ2) is 7.85. The number of benzene rings is 2. The fourth-order valence-electron chi connectivity index (χ4n) is 3.22. The van der Waals surface area contributed by atoms with Crippen LogP contribution in [0.1, 0.15) is 11.1 Å². The molecule has 1 unspecified atom stereocenters. The van der Waals surface area contributed by atoms with Crippen molar-refractivity contribution in [3.63, 3.8) is 0 Å². The Morgan fingerprint density at radius 2 is 2.00 bits per heavy atom. The summed E-state index contributed by atoms with van der Waals surface area (Å²) in [5, 5.41) is 2.64. The second-order valence-electron chi connectivity index (χ2n) is 6.24. The molecule has 0 aliphatic carbocycles. The molecule has 0 spiro atoms. The maximum absolute atomic E-state index is 13.2. The van der Waals surface area contributed by atoms with Gasteiger partial charge in [0.05, 0.1) is 12.1 Å². The number of halogens is 2. The minimum Gasteiger partial charge on any atom is -0.465 e. The number of hydrogen-bond donors (Lipinski definition) is 2. The first kappa shape index (κ1) is 18.4. The molecule has 1 aliphatic heterocycles. The Bertz CT molecular complexity index is 843. The molecule has 0 bridgehead atoms. The van der Waals surface area contributed by atoms with Gasteiger partial charge in [-0.3, -0.25) is 4.79 Å². The number of fused-ring (bicyclic) bond motifs is 1. The fraction of sp³-hybridized carbons (Fsp3) is 0.263. The zero-order chi connectivity index (χ0) is 18.7. The summed E-state index contributed by atoms with van der Waals surface area (Å²) in [6.07, 6.45) is 0.522. The van der Waals surface area contributed by atoms with Gasteiger partial charge in [-0.2, -0.15) is 0 Å². The Kier molecular flexibility index (Phi) is 5.54. The third-order valence-electron chi connectivity index (χ3n) is 4.53. The highest BCUT2D eigenvalue weighted by atomic mass is 35.5. The van der Waals surface area contributed by atoms with E-state index in [4.69, 9.17) is 16.3 Å². The van der Waals surface area contributed by atoms with Gasteiger partial charge in [0.25, 0.3) is 5.91 Å². The van der Waals surface area contributed by atoms with Crippen molar-refractivity contribution in [3.05, 3.63) is 64.4 Å². The molecule has 26 heavy (non-hydrogen) atoms. The van der Waals surface area contributed by atoms with Crippen molar-refractivity contribution in [1.82, 2.24) is 0 Å².